The third-order valence-electron chi connectivity index (χ3n) is 5.58. The number of nitrogens with zero attached hydrogens (tertiary/aromatic N) is 4. The number of para-hydroxylation sites is 1. The fourth-order valence-corrected chi connectivity index (χ4v) is 6.93. The first-order valence-corrected chi connectivity index (χ1v) is 14.7. The molecule has 0 unspecified atom stereocenters. The first kappa shape index (κ1) is 28.0. The zero-order valence-electron chi connectivity index (χ0n) is 20.4. The van der Waals surface area contributed by atoms with Gasteiger partial charge in [0.15, 0.2) is 10.3 Å². The number of nitrogens with one attached hydrogen (secondary N) is 1. The summed E-state index contributed by atoms with van der Waals surface area (Å²) in [5.74, 6) is -2.78. The molecule has 0 atom stereocenters. The van der Waals surface area contributed by atoms with E-state index in [-0.39, 0.29) is 41.9 Å². The number of aromatic nitrogens is 3. The number of nitro benzene ring substituents is 1. The Kier molecular flexibility index (Phi) is 7.61. The quantitative estimate of drug-likeness (QED) is 0.114. The van der Waals surface area contributed by atoms with E-state index in [1.165, 1.54) is 6.07 Å². The minimum absolute atomic E-state index is 0.0325. The maximum absolute atomic E-state index is 14.7. The molecule has 2 heterocycles. The molecule has 5 rings (SSSR count). The predicted octanol–water partition coefficient (Wildman–Crippen LogP) is 4.59. The van der Waals surface area contributed by atoms with E-state index in [0.717, 1.165) is 58.9 Å². The van der Waals surface area contributed by atoms with Crippen LogP contribution in [0.4, 0.5) is 19.6 Å². The smallest absolute Gasteiger partial charge is 0.269 e. The lowest BCUT2D eigenvalue weighted by Crippen LogP contribution is -2.23. The van der Waals surface area contributed by atoms with Crippen molar-refractivity contribution in [3.05, 3.63) is 105 Å². The van der Waals surface area contributed by atoms with Crippen molar-refractivity contribution < 1.29 is 26.9 Å². The van der Waals surface area contributed by atoms with Gasteiger partial charge in [-0.3, -0.25) is 24.3 Å². The third-order valence-corrected chi connectivity index (χ3v) is 9.66. The van der Waals surface area contributed by atoms with Crippen molar-refractivity contribution in [1.29, 1.82) is 0 Å². The normalized spacial score (nSPS) is 11.5. The number of carbonyl (C=O) groups is 1. The van der Waals surface area contributed by atoms with Gasteiger partial charge in [0.2, 0.25) is 15.7 Å². The van der Waals surface area contributed by atoms with E-state index in [4.69, 9.17) is 0 Å². The van der Waals surface area contributed by atoms with Gasteiger partial charge in [-0.1, -0.05) is 35.2 Å². The highest BCUT2D eigenvalue weighted by Crippen LogP contribution is 2.30. The average Bonchev–Trinajstić information content (AvgIpc) is 3.42. The minimum atomic E-state index is -4.05. The number of thiazole rings is 1. The molecule has 41 heavy (non-hydrogen) atoms. The van der Waals surface area contributed by atoms with E-state index >= 15 is 0 Å². The van der Waals surface area contributed by atoms with Gasteiger partial charge < -0.3 is 5.32 Å². The number of benzene rings is 3. The van der Waals surface area contributed by atoms with Crippen molar-refractivity contribution in [1.82, 2.24) is 14.5 Å². The number of anilines is 1. The molecule has 1 amide bonds. The van der Waals surface area contributed by atoms with Gasteiger partial charge >= 0.3 is 0 Å². The van der Waals surface area contributed by atoms with Gasteiger partial charge in [0.25, 0.3) is 11.2 Å². The van der Waals surface area contributed by atoms with Crippen LogP contribution in [0.1, 0.15) is 0 Å². The molecule has 16 heteroatoms. The van der Waals surface area contributed by atoms with Gasteiger partial charge in [0.1, 0.15) is 15.8 Å². The largest absolute Gasteiger partial charge is 0.301 e. The zero-order chi connectivity index (χ0) is 29.3. The summed E-state index contributed by atoms with van der Waals surface area (Å²) in [6.45, 7) is 0. The number of nitro groups is 1. The minimum Gasteiger partial charge on any atom is -0.301 e. The molecule has 3 aromatic carbocycles. The Morgan fingerprint density at radius 2 is 1.83 bits per heavy atom. The molecule has 0 saturated carbocycles. The number of sulfone groups is 1. The van der Waals surface area contributed by atoms with Crippen LogP contribution in [0.25, 0.3) is 16.6 Å². The maximum Gasteiger partial charge on any atom is 0.269 e. The Morgan fingerprint density at radius 1 is 1.10 bits per heavy atom. The highest BCUT2D eigenvalue weighted by atomic mass is 32.2. The molecule has 0 aliphatic rings. The number of rotatable bonds is 8. The van der Waals surface area contributed by atoms with Crippen LogP contribution in [0.5, 0.6) is 0 Å². The number of hydrogen-bond acceptors (Lipinski definition) is 10. The lowest BCUT2D eigenvalue weighted by Gasteiger charge is -2.13. The summed E-state index contributed by atoms with van der Waals surface area (Å²) in [5, 5.41) is 13.4. The highest BCUT2D eigenvalue weighted by molar-refractivity contribution is 7.99. The Hall–Kier alpha value is -4.54. The summed E-state index contributed by atoms with van der Waals surface area (Å²) in [7, 11) is -4.05. The first-order chi connectivity index (χ1) is 19.5. The van der Waals surface area contributed by atoms with Gasteiger partial charge in [-0.25, -0.2) is 27.2 Å². The molecule has 2 aromatic heterocycles. The van der Waals surface area contributed by atoms with Crippen molar-refractivity contribution >= 4 is 60.6 Å². The SMILES string of the molecule is O=C(CSc1nc2ccccc2c(=O)n1-c1ccc(F)cc1F)Nc1ncc(S(=O)(=O)c2ccc([N+](=O)[O-])cc2)s1. The number of hydrogen-bond donors (Lipinski definition) is 1. The third kappa shape index (κ3) is 5.70. The molecule has 0 radical (unpaired) electrons. The molecule has 0 fully saturated rings. The summed E-state index contributed by atoms with van der Waals surface area (Å²) < 4.78 is 54.7. The second-order valence-electron chi connectivity index (χ2n) is 8.22. The maximum atomic E-state index is 14.7. The molecule has 0 bridgehead atoms. The van der Waals surface area contributed by atoms with Crippen LogP contribution in [0, 0.1) is 21.7 Å². The number of fused-ring (bicyclic) bond motifs is 1. The molecule has 11 nitrogen and oxygen atoms in total. The summed E-state index contributed by atoms with van der Waals surface area (Å²) in [6, 6.07) is 13.4. The topological polar surface area (TPSA) is 154 Å². The van der Waals surface area contributed by atoms with E-state index in [2.05, 4.69) is 15.3 Å². The van der Waals surface area contributed by atoms with Crippen molar-refractivity contribution in [3.8, 4) is 5.69 Å². The van der Waals surface area contributed by atoms with Crippen LogP contribution in [-0.2, 0) is 14.6 Å². The Labute approximate surface area is 237 Å². The number of halogens is 2. The molecule has 0 spiro atoms. The Morgan fingerprint density at radius 3 is 2.54 bits per heavy atom. The summed E-state index contributed by atoms with van der Waals surface area (Å²) in [5.41, 5.74) is -0.837. The van der Waals surface area contributed by atoms with E-state index in [1.54, 1.807) is 18.2 Å². The van der Waals surface area contributed by atoms with Crippen molar-refractivity contribution in [2.45, 2.75) is 14.3 Å². The van der Waals surface area contributed by atoms with Crippen LogP contribution in [0.15, 0.2) is 92.0 Å². The van der Waals surface area contributed by atoms with Gasteiger partial charge in [0, 0.05) is 18.2 Å². The summed E-state index contributed by atoms with van der Waals surface area (Å²) in [6.07, 6.45) is 1.05. The standard InChI is InChI=1S/C25H15F2N5O6S3/c26-14-5-10-20(18(27)11-14)31-23(34)17-3-1-2-4-19(17)29-25(31)39-13-21(33)30-24-28-12-22(40-24)41(37,38)16-8-6-15(7-9-16)32(35)36/h1-12H,13H2,(H,28,30,33). The molecule has 208 valence electrons. The van der Waals surface area contributed by atoms with Crippen LogP contribution < -0.4 is 10.9 Å². The second kappa shape index (κ2) is 11.1. The summed E-state index contributed by atoms with van der Waals surface area (Å²) >= 11 is 1.48. The van der Waals surface area contributed by atoms with Crippen molar-refractivity contribution in [2.24, 2.45) is 0 Å². The van der Waals surface area contributed by atoms with E-state index in [0.29, 0.717) is 22.9 Å². The zero-order valence-corrected chi connectivity index (χ0v) is 22.8. The molecule has 1 N–H and O–H groups in total. The molecular weight excluding hydrogens is 601 g/mol. The van der Waals surface area contributed by atoms with Gasteiger partial charge in [-0.2, -0.15) is 0 Å². The van der Waals surface area contributed by atoms with Gasteiger partial charge in [-0.15, -0.1) is 0 Å². The lowest BCUT2D eigenvalue weighted by atomic mass is 10.2. The predicted molar refractivity (Wildman–Crippen MR) is 147 cm³/mol. The number of thioether (sulfide) groups is 1. The number of non-ortho nitro benzene ring substituents is 1. The van der Waals surface area contributed by atoms with Crippen LogP contribution >= 0.6 is 23.1 Å². The average molecular weight is 616 g/mol. The van der Waals surface area contributed by atoms with Crippen molar-refractivity contribution in [3.63, 3.8) is 0 Å². The van der Waals surface area contributed by atoms with Crippen LogP contribution in [-0.4, -0.2) is 39.5 Å². The molecule has 0 aliphatic heterocycles. The molecular formula is C25H15F2N5O6S3. The van der Waals surface area contributed by atoms with E-state index in [1.807, 2.05) is 0 Å². The second-order valence-corrected chi connectivity index (χ2v) is 12.4. The fraction of sp³-hybridized carbons (Fsp3) is 0.0400. The molecule has 5 aromatic rings. The number of carbonyl (C=O) groups excluding carboxylic acids is 1. The monoisotopic (exact) mass is 615 g/mol. The number of amides is 1. The summed E-state index contributed by atoms with van der Waals surface area (Å²) in [4.78, 5) is 44.2. The van der Waals surface area contributed by atoms with E-state index in [9.17, 15) is 36.9 Å². The molecule has 0 saturated heterocycles. The molecule has 0 aliphatic carbocycles. The Balaban J connectivity index is 1.37. The fourth-order valence-electron chi connectivity index (χ4n) is 3.67. The van der Waals surface area contributed by atoms with Crippen molar-refractivity contribution in [2.75, 3.05) is 11.1 Å². The van der Waals surface area contributed by atoms with Crippen LogP contribution in [0.3, 0.4) is 0 Å². The lowest BCUT2D eigenvalue weighted by molar-refractivity contribution is -0.384. The van der Waals surface area contributed by atoms with E-state index < -0.39 is 37.9 Å². The first-order valence-electron chi connectivity index (χ1n) is 11.4. The Bertz CT molecular complexity index is 2000. The highest BCUT2D eigenvalue weighted by Gasteiger charge is 2.23. The van der Waals surface area contributed by atoms with Crippen LogP contribution in [0.2, 0.25) is 0 Å². The van der Waals surface area contributed by atoms with Gasteiger partial charge in [-0.05, 0) is 36.4 Å². The van der Waals surface area contributed by atoms with Gasteiger partial charge in [0.05, 0.1) is 38.4 Å².